The molecule has 0 radical (unpaired) electrons. The molecule has 2 nitrogen and oxygen atoms in total. The molecule has 1 aliphatic heterocycles. The van der Waals surface area contributed by atoms with Gasteiger partial charge in [0.1, 0.15) is 0 Å². The summed E-state index contributed by atoms with van der Waals surface area (Å²) in [5.41, 5.74) is 14.7. The number of hydrogen-bond donors (Lipinski definition) is 0. The first-order chi connectivity index (χ1) is 27.1. The highest BCUT2D eigenvalue weighted by atomic mass is 32.2. The van der Waals surface area contributed by atoms with E-state index in [-0.39, 0.29) is 0 Å². The van der Waals surface area contributed by atoms with Crippen LogP contribution >= 0.6 is 11.8 Å². The van der Waals surface area contributed by atoms with Gasteiger partial charge < -0.3 is 4.57 Å². The zero-order chi connectivity index (χ0) is 36.9. The number of hydrogen-bond acceptors (Lipinski definition) is 2. The highest BCUT2D eigenvalue weighted by molar-refractivity contribution is 8.05. The van der Waals surface area contributed by atoms with Gasteiger partial charge in [-0.15, -0.1) is 0 Å². The van der Waals surface area contributed by atoms with Crippen LogP contribution in [0.15, 0.2) is 209 Å². The number of nitrogens with zero attached hydrogens (tertiary/aromatic N) is 2. The topological polar surface area (TPSA) is 17.3 Å². The molecule has 1 aromatic heterocycles. The zero-order valence-electron chi connectivity index (χ0n) is 30.4. The molecule has 0 N–H and O–H groups in total. The number of rotatable bonds is 6. The van der Waals surface area contributed by atoms with Crippen LogP contribution in [-0.4, -0.2) is 10.3 Å². The third-order valence-corrected chi connectivity index (χ3v) is 12.0. The summed E-state index contributed by atoms with van der Waals surface area (Å²) in [7, 11) is 0. The second-order valence-corrected chi connectivity index (χ2v) is 15.2. The van der Waals surface area contributed by atoms with Gasteiger partial charge in [0.25, 0.3) is 0 Å². The minimum Gasteiger partial charge on any atom is -0.309 e. The van der Waals surface area contributed by atoms with Gasteiger partial charge in [-0.2, -0.15) is 0 Å². The molecule has 3 heteroatoms. The molecular weight excluding hydrogens is 685 g/mol. The maximum absolute atomic E-state index is 5.24. The van der Waals surface area contributed by atoms with Crippen LogP contribution in [0.4, 0.5) is 0 Å². The molecule has 0 bridgehead atoms. The summed E-state index contributed by atoms with van der Waals surface area (Å²) in [5, 5.41) is 4.92. The van der Waals surface area contributed by atoms with E-state index in [1.54, 1.807) is 11.8 Å². The average molecular weight is 721 g/mol. The Morgan fingerprint density at radius 3 is 1.91 bits per heavy atom. The zero-order valence-corrected chi connectivity index (χ0v) is 31.2. The lowest BCUT2D eigenvalue weighted by atomic mass is 9.97. The van der Waals surface area contributed by atoms with Crippen molar-refractivity contribution < 1.29 is 0 Å². The van der Waals surface area contributed by atoms with Crippen LogP contribution in [0, 0.1) is 0 Å². The second kappa shape index (κ2) is 13.6. The number of thioether (sulfide) groups is 1. The Morgan fingerprint density at radius 2 is 1.11 bits per heavy atom. The van der Waals surface area contributed by atoms with Crippen LogP contribution < -0.4 is 0 Å². The van der Waals surface area contributed by atoms with E-state index in [0.717, 1.165) is 28.2 Å². The smallest absolute Gasteiger partial charge is 0.0863 e. The van der Waals surface area contributed by atoms with Crippen LogP contribution in [0.5, 0.6) is 0 Å². The summed E-state index contributed by atoms with van der Waals surface area (Å²) in [4.78, 5) is 7.62. The maximum atomic E-state index is 5.24. The van der Waals surface area contributed by atoms with Gasteiger partial charge in [0.15, 0.2) is 0 Å². The first-order valence-electron chi connectivity index (χ1n) is 18.6. The number of aliphatic imine (C=N–C) groups is 1. The van der Waals surface area contributed by atoms with Crippen LogP contribution in [0.2, 0.25) is 0 Å². The van der Waals surface area contributed by atoms with Crippen molar-refractivity contribution in [2.75, 3.05) is 0 Å². The van der Waals surface area contributed by atoms with Gasteiger partial charge in [-0.3, -0.25) is 0 Å². The van der Waals surface area contributed by atoms with Crippen molar-refractivity contribution in [2.24, 2.45) is 4.99 Å². The Balaban J connectivity index is 1.04. The highest BCUT2D eigenvalue weighted by Crippen LogP contribution is 2.46. The summed E-state index contributed by atoms with van der Waals surface area (Å²) in [6, 6.07) is 67.5. The third-order valence-electron chi connectivity index (χ3n) is 10.8. The predicted octanol–water partition coefficient (Wildman–Crippen LogP) is 14.3. The van der Waals surface area contributed by atoms with E-state index in [1.165, 1.54) is 75.8 Å². The molecule has 9 aromatic rings. The van der Waals surface area contributed by atoms with E-state index in [2.05, 4.69) is 188 Å². The molecule has 10 rings (SSSR count). The van der Waals surface area contributed by atoms with Gasteiger partial charge in [-0.25, -0.2) is 4.99 Å². The molecule has 1 aliphatic rings. The molecular formula is C52H36N2S. The third kappa shape index (κ3) is 5.90. The SMILES string of the molecule is C=C(N=C1/C(=C(\C)c2ccccc2)Sc2ccc(-c3ccc4cc(-n5c6ccccc6c6cc(-c7ccccc7)ccc65)ccc4c3)cc21)c1ccccc1. The van der Waals surface area contributed by atoms with Crippen molar-refractivity contribution in [3.8, 4) is 27.9 Å². The molecule has 8 aromatic carbocycles. The van der Waals surface area contributed by atoms with E-state index in [1.807, 2.05) is 18.2 Å². The summed E-state index contributed by atoms with van der Waals surface area (Å²) >= 11 is 1.80. The first-order valence-corrected chi connectivity index (χ1v) is 19.5. The molecule has 0 saturated carbocycles. The van der Waals surface area contributed by atoms with Crippen molar-refractivity contribution in [3.05, 3.63) is 216 Å². The standard InChI is InChI=1S/C52H36N2S/c1-34(36-14-6-3-7-15-36)52-51(53-35(2)37-16-8-4-9-17-37)47-33-43(26-29-50(47)55-52)39-22-23-41-31-44(27-24-40(41)30-39)54-48-21-13-12-20-45(48)46-32-42(25-28-49(46)54)38-18-10-5-11-19-38/h3-33H,2H2,1H3/b52-34-,53-51?. The van der Waals surface area contributed by atoms with Crippen molar-refractivity contribution >= 4 is 61.3 Å². The fraction of sp³-hybridized carbons (Fsp3) is 0.0192. The molecule has 55 heavy (non-hydrogen) atoms. The molecule has 0 amide bonds. The fourth-order valence-corrected chi connectivity index (χ4v) is 9.04. The van der Waals surface area contributed by atoms with E-state index in [9.17, 15) is 0 Å². The molecule has 0 spiro atoms. The second-order valence-electron chi connectivity index (χ2n) is 14.1. The molecule has 0 atom stereocenters. The van der Waals surface area contributed by atoms with E-state index in [4.69, 9.17) is 4.99 Å². The summed E-state index contributed by atoms with van der Waals surface area (Å²) < 4.78 is 2.40. The number of benzene rings is 8. The Labute approximate surface area is 325 Å². The lowest BCUT2D eigenvalue weighted by Gasteiger charge is -2.11. The quantitative estimate of drug-likeness (QED) is 0.167. The Hall–Kier alpha value is -6.68. The van der Waals surface area contributed by atoms with Crippen LogP contribution in [0.1, 0.15) is 23.6 Å². The molecule has 260 valence electrons. The van der Waals surface area contributed by atoms with Gasteiger partial charge in [0.05, 0.1) is 22.4 Å². The number of para-hydroxylation sites is 1. The van der Waals surface area contributed by atoms with Gasteiger partial charge in [0, 0.05) is 31.8 Å². The summed E-state index contributed by atoms with van der Waals surface area (Å²) in [6.07, 6.45) is 0. The number of fused-ring (bicyclic) bond motifs is 5. The molecule has 2 heterocycles. The normalized spacial score (nSPS) is 14.2. The number of aromatic nitrogens is 1. The van der Waals surface area contributed by atoms with Crippen LogP contribution in [0.25, 0.3) is 71.8 Å². The summed E-state index contributed by atoms with van der Waals surface area (Å²) in [5.74, 6) is 0. The van der Waals surface area contributed by atoms with Crippen LogP contribution in [0.3, 0.4) is 0 Å². The van der Waals surface area contributed by atoms with Gasteiger partial charge in [0.2, 0.25) is 0 Å². The minimum absolute atomic E-state index is 0.759. The fourth-order valence-electron chi connectivity index (χ4n) is 7.89. The monoisotopic (exact) mass is 720 g/mol. The molecule has 0 saturated heterocycles. The van der Waals surface area contributed by atoms with Crippen LogP contribution in [-0.2, 0) is 0 Å². The minimum atomic E-state index is 0.759. The van der Waals surface area contributed by atoms with Crippen molar-refractivity contribution in [3.63, 3.8) is 0 Å². The maximum Gasteiger partial charge on any atom is 0.0863 e. The van der Waals surface area contributed by atoms with E-state index >= 15 is 0 Å². The predicted molar refractivity (Wildman–Crippen MR) is 236 cm³/mol. The Kier molecular flexibility index (Phi) is 8.16. The van der Waals surface area contributed by atoms with Crippen molar-refractivity contribution in [1.82, 2.24) is 4.57 Å². The van der Waals surface area contributed by atoms with Crippen molar-refractivity contribution in [2.45, 2.75) is 11.8 Å². The summed E-state index contributed by atoms with van der Waals surface area (Å²) in [6.45, 7) is 6.60. The first kappa shape index (κ1) is 32.9. The van der Waals surface area contributed by atoms with Gasteiger partial charge in [-0.05, 0) is 105 Å². The molecule has 0 fully saturated rings. The molecule has 0 aliphatic carbocycles. The average Bonchev–Trinajstić information content (AvgIpc) is 3.78. The van der Waals surface area contributed by atoms with E-state index in [0.29, 0.717) is 0 Å². The lowest BCUT2D eigenvalue weighted by molar-refractivity contribution is 1.19. The number of allylic oxidation sites excluding steroid dienone is 2. The van der Waals surface area contributed by atoms with Gasteiger partial charge in [-0.1, -0.05) is 158 Å². The highest BCUT2D eigenvalue weighted by Gasteiger charge is 2.27. The Bertz CT molecular complexity index is 3010. The van der Waals surface area contributed by atoms with Crippen molar-refractivity contribution in [1.29, 1.82) is 0 Å². The largest absolute Gasteiger partial charge is 0.309 e. The van der Waals surface area contributed by atoms with Gasteiger partial charge >= 0.3 is 0 Å². The van der Waals surface area contributed by atoms with E-state index < -0.39 is 0 Å². The Morgan fingerprint density at radius 1 is 0.509 bits per heavy atom. The lowest BCUT2D eigenvalue weighted by Crippen LogP contribution is -2.01. The molecule has 0 unspecified atom stereocenters.